The lowest BCUT2D eigenvalue weighted by Crippen LogP contribution is -2.45. The quantitative estimate of drug-likeness (QED) is 0.768. The SMILES string of the molecule is O=C(O)C1(C(=O)O)CSC(c2nccs2)=N1. The Kier molecular flexibility index (Phi) is 2.68. The Hall–Kier alpha value is -1.41. The third-order valence-electron chi connectivity index (χ3n) is 2.03. The Morgan fingerprint density at radius 3 is 2.50 bits per heavy atom. The number of aromatic nitrogens is 1. The number of aliphatic imine (C=N–C) groups is 1. The molecule has 0 amide bonds. The van der Waals surface area contributed by atoms with Crippen molar-refractivity contribution >= 4 is 40.1 Å². The van der Waals surface area contributed by atoms with E-state index < -0.39 is 17.5 Å². The molecule has 1 aromatic rings. The van der Waals surface area contributed by atoms with Crippen molar-refractivity contribution < 1.29 is 19.8 Å². The molecule has 2 N–H and O–H groups in total. The van der Waals surface area contributed by atoms with Gasteiger partial charge in [0.1, 0.15) is 10.1 Å². The largest absolute Gasteiger partial charge is 0.479 e. The maximum atomic E-state index is 11.0. The smallest absolute Gasteiger partial charge is 0.344 e. The first kappa shape index (κ1) is 11.1. The maximum absolute atomic E-state index is 11.0. The van der Waals surface area contributed by atoms with Gasteiger partial charge in [-0.2, -0.15) is 0 Å². The molecule has 0 aliphatic carbocycles. The van der Waals surface area contributed by atoms with Gasteiger partial charge < -0.3 is 10.2 Å². The molecule has 0 spiro atoms. The van der Waals surface area contributed by atoms with Gasteiger partial charge in [0.25, 0.3) is 5.54 Å². The Balaban J connectivity index is 2.41. The van der Waals surface area contributed by atoms with Crippen molar-refractivity contribution in [3.05, 3.63) is 16.6 Å². The second kappa shape index (κ2) is 3.87. The van der Waals surface area contributed by atoms with E-state index in [4.69, 9.17) is 10.2 Å². The van der Waals surface area contributed by atoms with E-state index in [2.05, 4.69) is 9.98 Å². The lowest BCUT2D eigenvalue weighted by atomic mass is 10.0. The minimum atomic E-state index is -2.06. The minimum Gasteiger partial charge on any atom is -0.479 e. The van der Waals surface area contributed by atoms with Gasteiger partial charge in [-0.15, -0.1) is 11.3 Å². The molecule has 0 fully saturated rings. The number of carboxylic acid groups (broad SMARTS) is 2. The van der Waals surface area contributed by atoms with Crippen LogP contribution in [0.15, 0.2) is 16.6 Å². The second-order valence-corrected chi connectivity index (χ2v) is 4.87. The van der Waals surface area contributed by atoms with Crippen molar-refractivity contribution in [1.29, 1.82) is 0 Å². The van der Waals surface area contributed by atoms with Crippen LogP contribution >= 0.6 is 23.1 Å². The number of carbonyl (C=O) groups is 2. The highest BCUT2D eigenvalue weighted by atomic mass is 32.2. The van der Waals surface area contributed by atoms with Gasteiger partial charge in [-0.1, -0.05) is 11.8 Å². The van der Waals surface area contributed by atoms with Crippen LogP contribution in [0.25, 0.3) is 0 Å². The van der Waals surface area contributed by atoms with Crippen molar-refractivity contribution in [2.45, 2.75) is 5.54 Å². The number of thioether (sulfide) groups is 1. The van der Waals surface area contributed by atoms with Crippen LogP contribution in [0.5, 0.6) is 0 Å². The van der Waals surface area contributed by atoms with E-state index in [1.165, 1.54) is 11.3 Å². The molecular formula is C8H6N2O4S2. The number of aliphatic carboxylic acids is 2. The number of carboxylic acids is 2. The monoisotopic (exact) mass is 258 g/mol. The molecule has 0 saturated heterocycles. The maximum Gasteiger partial charge on any atom is 0.344 e. The van der Waals surface area contributed by atoms with E-state index in [0.29, 0.717) is 10.1 Å². The van der Waals surface area contributed by atoms with E-state index >= 15 is 0 Å². The molecule has 0 bridgehead atoms. The van der Waals surface area contributed by atoms with E-state index in [0.717, 1.165) is 11.8 Å². The van der Waals surface area contributed by atoms with Gasteiger partial charge >= 0.3 is 11.9 Å². The van der Waals surface area contributed by atoms with Crippen molar-refractivity contribution in [3.63, 3.8) is 0 Å². The number of hydrogen-bond donors (Lipinski definition) is 2. The average Bonchev–Trinajstić information content (AvgIpc) is 2.87. The first-order valence-corrected chi connectivity index (χ1v) is 6.02. The Bertz CT molecular complexity index is 454. The van der Waals surface area contributed by atoms with Gasteiger partial charge in [-0.05, 0) is 0 Å². The van der Waals surface area contributed by atoms with Crippen LogP contribution in [0, 0.1) is 0 Å². The van der Waals surface area contributed by atoms with Crippen molar-refractivity contribution in [3.8, 4) is 0 Å². The van der Waals surface area contributed by atoms with Crippen LogP contribution in [0.1, 0.15) is 5.01 Å². The predicted octanol–water partition coefficient (Wildman–Crippen LogP) is 0.544. The molecule has 2 rings (SSSR count). The minimum absolute atomic E-state index is 0.105. The summed E-state index contributed by atoms with van der Waals surface area (Å²) in [4.78, 5) is 29.7. The number of hydrogen-bond acceptors (Lipinski definition) is 6. The normalized spacial score (nSPS) is 18.1. The molecule has 0 unspecified atom stereocenters. The molecule has 1 aliphatic heterocycles. The summed E-state index contributed by atoms with van der Waals surface area (Å²) in [6.45, 7) is 0. The van der Waals surface area contributed by atoms with Gasteiger partial charge in [-0.25, -0.2) is 19.6 Å². The van der Waals surface area contributed by atoms with Crippen LogP contribution in [0.4, 0.5) is 0 Å². The molecule has 0 radical (unpaired) electrons. The number of rotatable bonds is 3. The summed E-state index contributed by atoms with van der Waals surface area (Å²) in [6.07, 6.45) is 1.56. The third kappa shape index (κ3) is 1.59. The van der Waals surface area contributed by atoms with Crippen LogP contribution in [0.3, 0.4) is 0 Å². The summed E-state index contributed by atoms with van der Waals surface area (Å²) < 4.78 is 0. The Morgan fingerprint density at radius 2 is 2.06 bits per heavy atom. The summed E-state index contributed by atoms with van der Waals surface area (Å²) in [6, 6.07) is 0. The highest BCUT2D eigenvalue weighted by Gasteiger charge is 2.51. The third-order valence-corrected chi connectivity index (χ3v) is 4.06. The zero-order valence-electron chi connectivity index (χ0n) is 7.78. The summed E-state index contributed by atoms with van der Waals surface area (Å²) >= 11 is 2.40. The van der Waals surface area contributed by atoms with Crippen LogP contribution in [-0.2, 0) is 9.59 Å². The highest BCUT2D eigenvalue weighted by molar-refractivity contribution is 8.15. The summed E-state index contributed by atoms with van der Waals surface area (Å²) in [5.74, 6) is -3.00. The zero-order chi connectivity index (χ0) is 11.8. The van der Waals surface area contributed by atoms with E-state index in [9.17, 15) is 9.59 Å². The predicted molar refractivity (Wildman–Crippen MR) is 59.1 cm³/mol. The molecule has 0 saturated carbocycles. The molecule has 8 heteroatoms. The Labute approximate surface area is 98.0 Å². The van der Waals surface area contributed by atoms with Gasteiger partial charge in [0.15, 0.2) is 0 Å². The van der Waals surface area contributed by atoms with Crippen molar-refractivity contribution in [2.24, 2.45) is 4.99 Å². The van der Waals surface area contributed by atoms with E-state index in [-0.39, 0.29) is 5.75 Å². The first-order valence-electron chi connectivity index (χ1n) is 4.15. The van der Waals surface area contributed by atoms with Crippen LogP contribution in [0.2, 0.25) is 0 Å². The van der Waals surface area contributed by atoms with Gasteiger partial charge in [0.05, 0.1) is 0 Å². The molecule has 84 valence electrons. The molecular weight excluding hydrogens is 252 g/mol. The van der Waals surface area contributed by atoms with Gasteiger partial charge in [0.2, 0.25) is 0 Å². The average molecular weight is 258 g/mol. The molecule has 1 aromatic heterocycles. The topological polar surface area (TPSA) is 99.8 Å². The first-order chi connectivity index (χ1) is 7.56. The molecule has 0 atom stereocenters. The summed E-state index contributed by atoms with van der Waals surface area (Å²) in [5, 5.41) is 20.5. The molecule has 0 aromatic carbocycles. The molecule has 6 nitrogen and oxygen atoms in total. The van der Waals surface area contributed by atoms with E-state index in [1.807, 2.05) is 0 Å². The number of thiazole rings is 1. The summed E-state index contributed by atoms with van der Waals surface area (Å²) in [5.41, 5.74) is -2.06. The molecule has 16 heavy (non-hydrogen) atoms. The fourth-order valence-electron chi connectivity index (χ4n) is 1.16. The van der Waals surface area contributed by atoms with E-state index in [1.54, 1.807) is 11.6 Å². The molecule has 2 heterocycles. The lowest BCUT2D eigenvalue weighted by Gasteiger charge is -2.12. The van der Waals surface area contributed by atoms with Crippen molar-refractivity contribution in [2.75, 3.05) is 5.75 Å². The fraction of sp³-hybridized carbons (Fsp3) is 0.250. The van der Waals surface area contributed by atoms with Gasteiger partial charge in [0, 0.05) is 17.3 Å². The Morgan fingerprint density at radius 1 is 1.38 bits per heavy atom. The van der Waals surface area contributed by atoms with Crippen LogP contribution < -0.4 is 0 Å². The fourth-order valence-corrected chi connectivity index (χ4v) is 3.05. The molecule has 1 aliphatic rings. The second-order valence-electron chi connectivity index (χ2n) is 3.01. The lowest BCUT2D eigenvalue weighted by molar-refractivity contribution is -0.155. The van der Waals surface area contributed by atoms with Gasteiger partial charge in [-0.3, -0.25) is 0 Å². The highest BCUT2D eigenvalue weighted by Crippen LogP contribution is 2.32. The standard InChI is InChI=1S/C8H6N2O4S2/c11-6(12)8(7(13)14)3-16-5(10-8)4-9-1-2-15-4/h1-2H,3H2,(H,11,12)(H,13,14). The summed E-state index contributed by atoms with van der Waals surface area (Å²) in [7, 11) is 0. The van der Waals surface area contributed by atoms with Crippen LogP contribution in [-0.4, -0.2) is 43.5 Å². The zero-order valence-corrected chi connectivity index (χ0v) is 9.42. The number of nitrogens with zero attached hydrogens (tertiary/aromatic N) is 2. The van der Waals surface area contributed by atoms with Crippen molar-refractivity contribution in [1.82, 2.24) is 4.98 Å².